The summed E-state index contributed by atoms with van der Waals surface area (Å²) in [7, 11) is -3.44. The molecule has 1 fully saturated rings. The molecule has 2 rings (SSSR count). The van der Waals surface area contributed by atoms with Crippen LogP contribution in [0.2, 0.25) is 0 Å². The summed E-state index contributed by atoms with van der Waals surface area (Å²) in [4.78, 5) is 1.39. The highest BCUT2D eigenvalue weighted by atomic mass is 32.2. The van der Waals surface area contributed by atoms with Crippen molar-refractivity contribution < 1.29 is 8.42 Å². The highest BCUT2D eigenvalue weighted by molar-refractivity contribution is 7.89. The molecule has 0 bridgehead atoms. The minimum Gasteiger partial charge on any atom is -0.310 e. The van der Waals surface area contributed by atoms with Gasteiger partial charge in [-0.1, -0.05) is 20.8 Å². The van der Waals surface area contributed by atoms with E-state index in [1.807, 2.05) is 12.3 Å². The van der Waals surface area contributed by atoms with Gasteiger partial charge in [0.15, 0.2) is 0 Å². The molecule has 0 radical (unpaired) electrons. The first-order valence-corrected chi connectivity index (χ1v) is 10.0. The molecule has 21 heavy (non-hydrogen) atoms. The summed E-state index contributed by atoms with van der Waals surface area (Å²) >= 11 is 1.52. The number of hydrogen-bond donors (Lipinski definition) is 2. The van der Waals surface area contributed by atoms with E-state index in [4.69, 9.17) is 0 Å². The number of aryl methyl sites for hydroxylation is 1. The quantitative estimate of drug-likeness (QED) is 0.807. The van der Waals surface area contributed by atoms with Gasteiger partial charge in [-0.2, -0.15) is 0 Å². The Labute approximate surface area is 132 Å². The van der Waals surface area contributed by atoms with Gasteiger partial charge in [0.05, 0.1) is 0 Å². The third-order valence-electron chi connectivity index (χ3n) is 4.27. The molecule has 2 N–H and O–H groups in total. The molecule has 1 heterocycles. The number of nitrogens with one attached hydrogen (secondary N) is 2. The molecule has 0 aliphatic heterocycles. The second-order valence-corrected chi connectivity index (χ2v) is 8.88. The minimum atomic E-state index is -3.44. The summed E-state index contributed by atoms with van der Waals surface area (Å²) in [5, 5.41) is 5.25. The van der Waals surface area contributed by atoms with E-state index in [9.17, 15) is 8.42 Å². The zero-order chi connectivity index (χ0) is 15.7. The van der Waals surface area contributed by atoms with Gasteiger partial charge in [-0.05, 0) is 43.6 Å². The molecule has 1 aromatic heterocycles. The van der Waals surface area contributed by atoms with Gasteiger partial charge in [-0.25, -0.2) is 13.1 Å². The van der Waals surface area contributed by atoms with Crippen LogP contribution in [0.15, 0.2) is 10.3 Å². The third-order valence-corrected chi connectivity index (χ3v) is 7.31. The Morgan fingerprint density at radius 3 is 2.52 bits per heavy atom. The van der Waals surface area contributed by atoms with Crippen LogP contribution >= 0.6 is 11.3 Å². The van der Waals surface area contributed by atoms with E-state index < -0.39 is 10.0 Å². The monoisotopic (exact) mass is 330 g/mol. The topological polar surface area (TPSA) is 58.2 Å². The van der Waals surface area contributed by atoms with Crippen molar-refractivity contribution in [3.8, 4) is 0 Å². The highest BCUT2D eigenvalue weighted by Gasteiger charge is 2.40. The Balaban J connectivity index is 2.25. The van der Waals surface area contributed by atoms with Crippen molar-refractivity contribution >= 4 is 21.4 Å². The number of sulfonamides is 1. The van der Waals surface area contributed by atoms with Gasteiger partial charge in [-0.3, -0.25) is 0 Å². The predicted octanol–water partition coefficient (Wildman–Crippen LogP) is 3.17. The van der Waals surface area contributed by atoms with E-state index >= 15 is 0 Å². The molecule has 1 aliphatic rings. The van der Waals surface area contributed by atoms with E-state index in [-0.39, 0.29) is 5.54 Å². The molecule has 0 saturated heterocycles. The number of hydrogen-bond acceptors (Lipinski definition) is 4. The van der Waals surface area contributed by atoms with Crippen LogP contribution in [0.1, 0.15) is 56.9 Å². The van der Waals surface area contributed by atoms with Gasteiger partial charge in [0.1, 0.15) is 4.90 Å². The molecule has 6 heteroatoms. The van der Waals surface area contributed by atoms with Crippen LogP contribution in [0.4, 0.5) is 0 Å². The first kappa shape index (κ1) is 16.9. The Bertz CT molecular complexity index is 581. The van der Waals surface area contributed by atoms with Gasteiger partial charge in [0, 0.05) is 23.0 Å². The van der Waals surface area contributed by atoms with E-state index in [1.165, 1.54) is 11.3 Å². The molecule has 120 valence electrons. The summed E-state index contributed by atoms with van der Waals surface area (Å²) in [6.45, 7) is 8.67. The molecule has 0 spiro atoms. The molecule has 0 amide bonds. The van der Waals surface area contributed by atoms with Gasteiger partial charge in [0.2, 0.25) is 10.0 Å². The molecule has 1 aliphatic carbocycles. The zero-order valence-electron chi connectivity index (χ0n) is 13.3. The van der Waals surface area contributed by atoms with Crippen LogP contribution in [-0.4, -0.2) is 20.0 Å². The summed E-state index contributed by atoms with van der Waals surface area (Å²) < 4.78 is 28.6. The van der Waals surface area contributed by atoms with Crippen LogP contribution in [0, 0.1) is 6.92 Å². The lowest BCUT2D eigenvalue weighted by atomic mass is 9.76. The van der Waals surface area contributed by atoms with Gasteiger partial charge in [-0.15, -0.1) is 11.3 Å². The maximum atomic E-state index is 12.8. The third kappa shape index (κ3) is 3.67. The van der Waals surface area contributed by atoms with E-state index in [1.54, 1.807) is 0 Å². The molecule has 0 unspecified atom stereocenters. The second kappa shape index (κ2) is 6.36. The van der Waals surface area contributed by atoms with Crippen LogP contribution in [-0.2, 0) is 16.6 Å². The van der Waals surface area contributed by atoms with Crippen molar-refractivity contribution in [3.63, 3.8) is 0 Å². The Kier molecular flexibility index (Phi) is 5.13. The molecule has 1 saturated carbocycles. The largest absolute Gasteiger partial charge is 0.310 e. The van der Waals surface area contributed by atoms with Crippen molar-refractivity contribution in [1.29, 1.82) is 0 Å². The normalized spacial score (nSPS) is 18.0. The lowest BCUT2D eigenvalue weighted by molar-refractivity contribution is 0.214. The van der Waals surface area contributed by atoms with E-state index in [0.29, 0.717) is 17.5 Å². The van der Waals surface area contributed by atoms with Gasteiger partial charge in [0.25, 0.3) is 0 Å². The van der Waals surface area contributed by atoms with Crippen molar-refractivity contribution in [3.05, 3.63) is 15.8 Å². The zero-order valence-corrected chi connectivity index (χ0v) is 15.0. The fourth-order valence-corrected chi connectivity index (χ4v) is 6.03. The number of thiophene rings is 1. The van der Waals surface area contributed by atoms with Crippen LogP contribution < -0.4 is 10.0 Å². The van der Waals surface area contributed by atoms with Crippen molar-refractivity contribution in [1.82, 2.24) is 10.0 Å². The maximum Gasteiger partial charge on any atom is 0.242 e. The second-order valence-electron chi connectivity index (χ2n) is 6.30. The minimum absolute atomic E-state index is 0.212. The highest BCUT2D eigenvalue weighted by Crippen LogP contribution is 2.37. The molecular weight excluding hydrogens is 304 g/mol. The Morgan fingerprint density at radius 1 is 1.38 bits per heavy atom. The standard InChI is InChI=1S/C15H26N2O2S2/c1-5-15(7-6-8-15)17-21(18,19)14-12(4)10-20-13(14)9-16-11(2)3/h10-11,16-17H,5-9H2,1-4H3. The molecular formula is C15H26N2O2S2. The Hall–Kier alpha value is -0.430. The summed E-state index contributed by atoms with van der Waals surface area (Å²) in [6, 6.07) is 0.338. The first-order valence-electron chi connectivity index (χ1n) is 7.64. The summed E-state index contributed by atoms with van der Waals surface area (Å²) in [6.07, 6.45) is 3.87. The van der Waals surface area contributed by atoms with Crippen molar-refractivity contribution in [2.45, 2.75) is 76.4 Å². The fourth-order valence-electron chi connectivity index (χ4n) is 2.73. The molecule has 1 aromatic rings. The summed E-state index contributed by atoms with van der Waals surface area (Å²) in [5.74, 6) is 0. The summed E-state index contributed by atoms with van der Waals surface area (Å²) in [5.41, 5.74) is 0.634. The average Bonchev–Trinajstić information content (AvgIpc) is 2.73. The predicted molar refractivity (Wildman–Crippen MR) is 88.2 cm³/mol. The van der Waals surface area contributed by atoms with Gasteiger partial charge >= 0.3 is 0 Å². The smallest absolute Gasteiger partial charge is 0.242 e. The van der Waals surface area contributed by atoms with E-state index in [2.05, 4.69) is 30.8 Å². The number of rotatable bonds is 7. The van der Waals surface area contributed by atoms with E-state index in [0.717, 1.165) is 36.1 Å². The molecule has 0 atom stereocenters. The lowest BCUT2D eigenvalue weighted by Crippen LogP contribution is -2.52. The lowest BCUT2D eigenvalue weighted by Gasteiger charge is -2.41. The Morgan fingerprint density at radius 2 is 2.05 bits per heavy atom. The van der Waals surface area contributed by atoms with Crippen molar-refractivity contribution in [2.75, 3.05) is 0 Å². The maximum absolute atomic E-state index is 12.8. The van der Waals surface area contributed by atoms with Gasteiger partial charge < -0.3 is 5.32 Å². The van der Waals surface area contributed by atoms with Crippen LogP contribution in [0.3, 0.4) is 0 Å². The fraction of sp³-hybridized carbons (Fsp3) is 0.733. The first-order chi connectivity index (χ1) is 9.80. The SMILES string of the molecule is CCC1(NS(=O)(=O)c2c(C)csc2CNC(C)C)CCC1. The molecule has 0 aromatic carbocycles. The van der Waals surface area contributed by atoms with Crippen LogP contribution in [0.5, 0.6) is 0 Å². The molecule has 4 nitrogen and oxygen atoms in total. The average molecular weight is 331 g/mol. The van der Waals surface area contributed by atoms with Crippen molar-refractivity contribution in [2.24, 2.45) is 0 Å². The van der Waals surface area contributed by atoms with Crippen LogP contribution in [0.25, 0.3) is 0 Å².